The first-order chi connectivity index (χ1) is 12.1. The van der Waals surface area contributed by atoms with Crippen LogP contribution in [0.2, 0.25) is 0 Å². The van der Waals surface area contributed by atoms with E-state index in [1.807, 2.05) is 12.1 Å². The van der Waals surface area contributed by atoms with Crippen LogP contribution in [0, 0.1) is 0 Å². The van der Waals surface area contributed by atoms with Crippen molar-refractivity contribution in [1.82, 2.24) is 5.32 Å². The minimum atomic E-state index is -1.28. The fourth-order valence-corrected chi connectivity index (χ4v) is 2.90. The highest BCUT2D eigenvalue weighted by Gasteiger charge is 2.43. The van der Waals surface area contributed by atoms with Gasteiger partial charge in [0, 0.05) is 13.7 Å². The van der Waals surface area contributed by atoms with Gasteiger partial charge in [0.2, 0.25) is 0 Å². The quantitative estimate of drug-likeness (QED) is 0.465. The summed E-state index contributed by atoms with van der Waals surface area (Å²) in [6.45, 7) is 1.16. The molecule has 142 valence electrons. The highest BCUT2D eigenvalue weighted by atomic mass is 16.7. The molecule has 0 bridgehead atoms. The van der Waals surface area contributed by atoms with E-state index in [0.717, 1.165) is 31.6 Å². The molecule has 25 heavy (non-hydrogen) atoms. The Hall–Kier alpha value is -1.22. The summed E-state index contributed by atoms with van der Waals surface area (Å²) in [7, 11) is 3.05. The Bertz CT molecular complexity index is 495. The average molecular weight is 355 g/mol. The van der Waals surface area contributed by atoms with E-state index < -0.39 is 30.7 Å². The Morgan fingerprint density at radius 1 is 1.00 bits per heavy atom. The summed E-state index contributed by atoms with van der Waals surface area (Å²) in [4.78, 5) is 0. The molecule has 0 amide bonds. The average Bonchev–Trinajstić information content (AvgIpc) is 2.64. The molecule has 1 fully saturated rings. The minimum Gasteiger partial charge on any atom is -0.497 e. The van der Waals surface area contributed by atoms with Gasteiger partial charge >= 0.3 is 0 Å². The lowest BCUT2D eigenvalue weighted by atomic mass is 9.99. The standard InChI is InChI=1S/C18H29NO6/c1-23-13-8-6-12(7-9-13)5-3-4-10-19-11-14-15(20)16(21)17(22)18(24-2)25-14/h6-9,14-22H,3-5,10-11H2,1-2H3/t14-,15-,16+,17-,18+/m1/s1. The molecule has 5 atom stereocenters. The zero-order chi connectivity index (χ0) is 18.2. The van der Waals surface area contributed by atoms with Gasteiger partial charge in [-0.25, -0.2) is 0 Å². The molecule has 1 aliphatic heterocycles. The van der Waals surface area contributed by atoms with Gasteiger partial charge in [-0.3, -0.25) is 0 Å². The van der Waals surface area contributed by atoms with Crippen molar-refractivity contribution in [2.45, 2.75) is 50.0 Å². The Balaban J connectivity index is 1.63. The number of methoxy groups -OCH3 is 2. The van der Waals surface area contributed by atoms with Gasteiger partial charge in [-0.05, 0) is 43.5 Å². The van der Waals surface area contributed by atoms with Crippen molar-refractivity contribution in [2.75, 3.05) is 27.3 Å². The molecule has 1 aromatic rings. The SMILES string of the molecule is COc1ccc(CCCCNC[C@H]2O[C@H](OC)[C@H](O)[C@@H](O)[C@@H]2O)cc1. The third-order valence-electron chi connectivity index (χ3n) is 4.47. The van der Waals surface area contributed by atoms with E-state index in [2.05, 4.69) is 17.4 Å². The van der Waals surface area contributed by atoms with Crippen molar-refractivity contribution in [3.63, 3.8) is 0 Å². The maximum absolute atomic E-state index is 9.97. The minimum absolute atomic E-state index is 0.382. The maximum atomic E-state index is 9.97. The summed E-state index contributed by atoms with van der Waals surface area (Å²) in [6, 6.07) is 8.05. The lowest BCUT2D eigenvalue weighted by molar-refractivity contribution is -0.288. The van der Waals surface area contributed by atoms with Crippen LogP contribution in [0.5, 0.6) is 5.75 Å². The summed E-state index contributed by atoms with van der Waals surface area (Å²) in [6.07, 6.45) is -2.21. The number of ether oxygens (including phenoxy) is 3. The predicted octanol–water partition coefficient (Wildman–Crippen LogP) is 0.0615. The molecule has 7 nitrogen and oxygen atoms in total. The molecular weight excluding hydrogens is 326 g/mol. The van der Waals surface area contributed by atoms with Gasteiger partial charge in [0.15, 0.2) is 6.29 Å². The Morgan fingerprint density at radius 2 is 1.72 bits per heavy atom. The fraction of sp³-hybridized carbons (Fsp3) is 0.667. The Kier molecular flexibility index (Phi) is 8.08. The van der Waals surface area contributed by atoms with Crippen molar-refractivity contribution >= 4 is 0 Å². The number of rotatable bonds is 9. The van der Waals surface area contributed by atoms with E-state index in [1.165, 1.54) is 12.7 Å². The van der Waals surface area contributed by atoms with Crippen LogP contribution in [0.15, 0.2) is 24.3 Å². The van der Waals surface area contributed by atoms with Crippen molar-refractivity contribution in [2.24, 2.45) is 0 Å². The van der Waals surface area contributed by atoms with Gasteiger partial charge in [-0.2, -0.15) is 0 Å². The smallest absolute Gasteiger partial charge is 0.186 e. The first-order valence-electron chi connectivity index (χ1n) is 8.63. The molecule has 7 heteroatoms. The lowest BCUT2D eigenvalue weighted by Crippen LogP contribution is -2.60. The highest BCUT2D eigenvalue weighted by Crippen LogP contribution is 2.21. The van der Waals surface area contributed by atoms with Gasteiger partial charge in [0.1, 0.15) is 30.2 Å². The predicted molar refractivity (Wildman–Crippen MR) is 92.5 cm³/mol. The van der Waals surface area contributed by atoms with Crippen LogP contribution >= 0.6 is 0 Å². The van der Waals surface area contributed by atoms with Crippen LogP contribution in [0.3, 0.4) is 0 Å². The molecular formula is C18H29NO6. The molecule has 1 saturated heterocycles. The first-order valence-corrected chi connectivity index (χ1v) is 8.63. The third kappa shape index (κ3) is 5.64. The molecule has 0 aromatic heterocycles. The van der Waals surface area contributed by atoms with Crippen molar-refractivity contribution < 1.29 is 29.5 Å². The summed E-state index contributed by atoms with van der Waals surface area (Å²) >= 11 is 0. The summed E-state index contributed by atoms with van der Waals surface area (Å²) in [5.74, 6) is 0.859. The van der Waals surface area contributed by atoms with Crippen LogP contribution < -0.4 is 10.1 Å². The number of hydrogen-bond acceptors (Lipinski definition) is 7. The number of nitrogens with one attached hydrogen (secondary N) is 1. The number of hydrogen-bond donors (Lipinski definition) is 4. The molecule has 0 radical (unpaired) electrons. The second-order valence-corrected chi connectivity index (χ2v) is 6.26. The van der Waals surface area contributed by atoms with E-state index in [4.69, 9.17) is 14.2 Å². The van der Waals surface area contributed by atoms with Crippen molar-refractivity contribution in [1.29, 1.82) is 0 Å². The van der Waals surface area contributed by atoms with Gasteiger partial charge in [-0.1, -0.05) is 12.1 Å². The molecule has 4 N–H and O–H groups in total. The van der Waals surface area contributed by atoms with Gasteiger partial charge in [0.25, 0.3) is 0 Å². The molecule has 1 aliphatic rings. The number of aliphatic hydroxyl groups excluding tert-OH is 3. The molecule has 1 heterocycles. The second kappa shape index (κ2) is 10.1. The van der Waals surface area contributed by atoms with E-state index in [1.54, 1.807) is 7.11 Å². The number of aliphatic hydroxyl groups is 3. The fourth-order valence-electron chi connectivity index (χ4n) is 2.90. The van der Waals surface area contributed by atoms with Gasteiger partial charge < -0.3 is 34.8 Å². The molecule has 0 spiro atoms. The van der Waals surface area contributed by atoms with E-state index >= 15 is 0 Å². The summed E-state index contributed by atoms with van der Waals surface area (Å²) < 4.78 is 15.6. The number of unbranched alkanes of at least 4 members (excludes halogenated alkanes) is 1. The molecule has 0 saturated carbocycles. The zero-order valence-corrected chi connectivity index (χ0v) is 14.8. The van der Waals surface area contributed by atoms with Crippen molar-refractivity contribution in [3.8, 4) is 5.75 Å². The largest absolute Gasteiger partial charge is 0.497 e. The molecule has 0 unspecified atom stereocenters. The van der Waals surface area contributed by atoms with Crippen LogP contribution in [-0.4, -0.2) is 73.3 Å². The summed E-state index contributed by atoms with van der Waals surface area (Å²) in [5.41, 5.74) is 1.27. The second-order valence-electron chi connectivity index (χ2n) is 6.26. The topological polar surface area (TPSA) is 100 Å². The maximum Gasteiger partial charge on any atom is 0.186 e. The van der Waals surface area contributed by atoms with E-state index in [-0.39, 0.29) is 0 Å². The highest BCUT2D eigenvalue weighted by molar-refractivity contribution is 5.27. The van der Waals surface area contributed by atoms with Gasteiger partial charge in [-0.15, -0.1) is 0 Å². The van der Waals surface area contributed by atoms with E-state index in [0.29, 0.717) is 6.54 Å². The number of benzene rings is 1. The number of aryl methyl sites for hydroxylation is 1. The third-order valence-corrected chi connectivity index (χ3v) is 4.47. The summed E-state index contributed by atoms with van der Waals surface area (Å²) in [5, 5.41) is 32.7. The van der Waals surface area contributed by atoms with Crippen LogP contribution in [-0.2, 0) is 15.9 Å². The first kappa shape index (κ1) is 20.1. The monoisotopic (exact) mass is 355 g/mol. The Labute approximate surface area is 148 Å². The Morgan fingerprint density at radius 3 is 2.36 bits per heavy atom. The van der Waals surface area contributed by atoms with Crippen LogP contribution in [0.4, 0.5) is 0 Å². The zero-order valence-electron chi connectivity index (χ0n) is 14.8. The molecule has 2 rings (SSSR count). The van der Waals surface area contributed by atoms with Crippen LogP contribution in [0.1, 0.15) is 18.4 Å². The molecule has 0 aliphatic carbocycles. The molecule has 1 aromatic carbocycles. The normalized spacial score (nSPS) is 29.6. The van der Waals surface area contributed by atoms with Gasteiger partial charge in [0.05, 0.1) is 7.11 Å². The lowest BCUT2D eigenvalue weighted by Gasteiger charge is -2.39. The van der Waals surface area contributed by atoms with Crippen molar-refractivity contribution in [3.05, 3.63) is 29.8 Å². The van der Waals surface area contributed by atoms with E-state index in [9.17, 15) is 15.3 Å². The van der Waals surface area contributed by atoms with Crippen LogP contribution in [0.25, 0.3) is 0 Å².